The zero-order chi connectivity index (χ0) is 14.0. The highest BCUT2D eigenvalue weighted by molar-refractivity contribution is 8.24. The fourth-order valence-electron chi connectivity index (χ4n) is 2.00. The molecule has 0 unspecified atom stereocenters. The second-order valence-electron chi connectivity index (χ2n) is 4.29. The summed E-state index contributed by atoms with van der Waals surface area (Å²) in [5.74, 6) is 0.282. The summed E-state index contributed by atoms with van der Waals surface area (Å²) in [6.07, 6.45) is 0.563. The van der Waals surface area contributed by atoms with Crippen molar-refractivity contribution in [2.75, 3.05) is 29.5 Å². The van der Waals surface area contributed by atoms with Gasteiger partial charge in [-0.25, -0.2) is 0 Å². The molecule has 1 fully saturated rings. The maximum Gasteiger partial charge on any atom is 0.270 e. The number of anilines is 1. The van der Waals surface area contributed by atoms with Crippen LogP contribution in [0.1, 0.15) is 10.4 Å². The maximum absolute atomic E-state index is 11.5. The van der Waals surface area contributed by atoms with Crippen LogP contribution in [-0.2, 0) is 0 Å². The van der Waals surface area contributed by atoms with Crippen LogP contribution in [0.2, 0.25) is 0 Å². The van der Waals surface area contributed by atoms with E-state index in [1.54, 1.807) is 4.90 Å². The number of nitro benzene ring substituents is 1. The molecule has 19 heavy (non-hydrogen) atoms. The molecule has 0 saturated carbocycles. The molecular weight excluding hydrogens is 272 g/mol. The van der Waals surface area contributed by atoms with Crippen molar-refractivity contribution in [1.82, 2.24) is 0 Å². The Hall–Kier alpha value is -1.64. The Morgan fingerprint density at radius 1 is 1.37 bits per heavy atom. The lowest BCUT2D eigenvalue weighted by Gasteiger charge is -2.51. The number of nitrogens with zero attached hydrogens (tertiary/aromatic N) is 2. The van der Waals surface area contributed by atoms with E-state index >= 15 is 0 Å². The molecule has 0 bridgehead atoms. The highest BCUT2D eigenvalue weighted by Crippen LogP contribution is 2.41. The van der Waals surface area contributed by atoms with Crippen LogP contribution in [0, 0.1) is 10.1 Å². The lowest BCUT2D eigenvalue weighted by atomic mass is 10.1. The molecule has 0 radical (unpaired) electrons. The minimum Gasteiger partial charge on any atom is -0.768 e. The van der Waals surface area contributed by atoms with Gasteiger partial charge in [-0.05, 0) is 6.07 Å². The van der Waals surface area contributed by atoms with Crippen molar-refractivity contribution in [2.45, 2.75) is 0 Å². The number of carbonyl (C=O) groups is 1. The molecule has 2 rings (SSSR count). The van der Waals surface area contributed by atoms with Gasteiger partial charge in [0.1, 0.15) is 0 Å². The summed E-state index contributed by atoms with van der Waals surface area (Å²) in [5, 5.41) is 10.6. The minimum absolute atomic E-state index is 0.141. The average Bonchev–Trinajstić information content (AvgIpc) is 2.38. The number of hydrogen-bond donors (Lipinski definition) is 1. The standard InChI is InChI=1S/C11H14N2O5S/c14-8-9-7-10(13(15)16)1-2-11(9)12-3-5-19(17,18)6-4-12/h1-2,7-8,17-18H,3-6H2/p-1. The van der Waals surface area contributed by atoms with Crippen molar-refractivity contribution in [1.29, 1.82) is 0 Å². The van der Waals surface area contributed by atoms with Crippen molar-refractivity contribution in [3.8, 4) is 0 Å². The number of benzene rings is 1. The predicted octanol–water partition coefficient (Wildman–Crippen LogP) is 1.64. The van der Waals surface area contributed by atoms with Gasteiger partial charge in [0, 0.05) is 48.0 Å². The van der Waals surface area contributed by atoms with E-state index in [1.807, 2.05) is 0 Å². The molecule has 0 aromatic heterocycles. The number of nitro groups is 1. The van der Waals surface area contributed by atoms with Gasteiger partial charge in [0.25, 0.3) is 5.69 Å². The molecule has 0 atom stereocenters. The van der Waals surface area contributed by atoms with Crippen LogP contribution >= 0.6 is 10.6 Å². The summed E-state index contributed by atoms with van der Waals surface area (Å²) in [5.41, 5.74) is 0.643. The SMILES string of the molecule is O=Cc1cc([N+](=O)[O-])ccc1N1CCS([O-])(O)CC1. The first-order valence-corrected chi connectivity index (χ1v) is 7.49. The number of rotatable bonds is 3. The third-order valence-electron chi connectivity index (χ3n) is 3.05. The molecule has 1 aliphatic rings. The predicted molar refractivity (Wildman–Crippen MR) is 71.4 cm³/mol. The third-order valence-corrected chi connectivity index (χ3v) is 4.69. The van der Waals surface area contributed by atoms with E-state index < -0.39 is 15.5 Å². The van der Waals surface area contributed by atoms with Crippen LogP contribution in [0.3, 0.4) is 0 Å². The van der Waals surface area contributed by atoms with Crippen LogP contribution < -0.4 is 4.90 Å². The van der Waals surface area contributed by atoms with E-state index in [-0.39, 0.29) is 22.8 Å². The first kappa shape index (κ1) is 13.8. The van der Waals surface area contributed by atoms with Gasteiger partial charge in [-0.15, -0.1) is 0 Å². The molecule has 8 heteroatoms. The smallest absolute Gasteiger partial charge is 0.270 e. The molecule has 104 valence electrons. The van der Waals surface area contributed by atoms with Gasteiger partial charge >= 0.3 is 0 Å². The summed E-state index contributed by atoms with van der Waals surface area (Å²) in [4.78, 5) is 22.9. The zero-order valence-corrected chi connectivity index (χ0v) is 10.8. The number of carbonyl (C=O) groups excluding carboxylic acids is 1. The summed E-state index contributed by atoms with van der Waals surface area (Å²) in [6, 6.07) is 4.05. The van der Waals surface area contributed by atoms with E-state index in [9.17, 15) is 24.0 Å². The van der Waals surface area contributed by atoms with Crippen molar-refractivity contribution in [2.24, 2.45) is 0 Å². The summed E-state index contributed by atoms with van der Waals surface area (Å²) in [7, 11) is -2.75. The quantitative estimate of drug-likeness (QED) is 0.514. The lowest BCUT2D eigenvalue weighted by Crippen LogP contribution is -2.38. The van der Waals surface area contributed by atoms with Crippen LogP contribution in [-0.4, -0.2) is 44.9 Å². The first-order valence-electron chi connectivity index (χ1n) is 5.63. The molecule has 1 heterocycles. The highest BCUT2D eigenvalue weighted by Gasteiger charge is 2.20. The molecule has 0 aliphatic carbocycles. The van der Waals surface area contributed by atoms with Gasteiger partial charge in [-0.2, -0.15) is 0 Å². The van der Waals surface area contributed by atoms with Crippen molar-refractivity contribution in [3.63, 3.8) is 0 Å². The third kappa shape index (κ3) is 3.03. The van der Waals surface area contributed by atoms with E-state index in [0.717, 1.165) is 0 Å². The van der Waals surface area contributed by atoms with E-state index in [1.165, 1.54) is 18.2 Å². The molecule has 1 saturated heterocycles. The van der Waals surface area contributed by atoms with Crippen LogP contribution in [0.15, 0.2) is 18.2 Å². The van der Waals surface area contributed by atoms with Crippen molar-refractivity contribution < 1.29 is 18.8 Å². The van der Waals surface area contributed by atoms with Crippen LogP contribution in [0.25, 0.3) is 0 Å². The Labute approximate surface area is 111 Å². The van der Waals surface area contributed by atoms with Crippen LogP contribution in [0.4, 0.5) is 11.4 Å². The monoisotopic (exact) mass is 285 g/mol. The van der Waals surface area contributed by atoms with Gasteiger partial charge in [-0.1, -0.05) is 0 Å². The first-order chi connectivity index (χ1) is 8.93. The largest absolute Gasteiger partial charge is 0.768 e. The summed E-state index contributed by atoms with van der Waals surface area (Å²) in [6.45, 7) is 0.710. The average molecular weight is 285 g/mol. The minimum atomic E-state index is -2.75. The Balaban J connectivity index is 2.25. The Kier molecular flexibility index (Phi) is 3.74. The number of non-ortho nitro benzene ring substituents is 1. The van der Waals surface area contributed by atoms with Crippen LogP contribution in [0.5, 0.6) is 0 Å². The maximum atomic E-state index is 11.5. The molecule has 1 aliphatic heterocycles. The molecule has 1 aromatic rings. The molecule has 0 spiro atoms. The Morgan fingerprint density at radius 2 is 2.00 bits per heavy atom. The number of aldehydes is 1. The fraction of sp³-hybridized carbons (Fsp3) is 0.364. The molecule has 1 aromatic carbocycles. The van der Waals surface area contributed by atoms with E-state index in [4.69, 9.17) is 0 Å². The van der Waals surface area contributed by atoms with E-state index in [2.05, 4.69) is 0 Å². The molecule has 0 amide bonds. The topological polar surface area (TPSA) is 107 Å². The van der Waals surface area contributed by atoms with Gasteiger partial charge in [0.05, 0.1) is 4.92 Å². The van der Waals surface area contributed by atoms with E-state index in [0.29, 0.717) is 25.1 Å². The highest BCUT2D eigenvalue weighted by atomic mass is 32.3. The zero-order valence-electron chi connectivity index (χ0n) is 10.0. The second-order valence-corrected chi connectivity index (χ2v) is 6.65. The second kappa shape index (κ2) is 5.16. The molecule has 7 nitrogen and oxygen atoms in total. The lowest BCUT2D eigenvalue weighted by molar-refractivity contribution is -0.384. The van der Waals surface area contributed by atoms with Gasteiger partial charge in [0.15, 0.2) is 6.29 Å². The summed E-state index contributed by atoms with van der Waals surface area (Å²) >= 11 is 0. The van der Waals surface area contributed by atoms with Gasteiger partial charge < -0.3 is 24.6 Å². The summed E-state index contributed by atoms with van der Waals surface area (Å²) < 4.78 is 20.9. The Morgan fingerprint density at radius 3 is 2.53 bits per heavy atom. The van der Waals surface area contributed by atoms with Crippen molar-refractivity contribution in [3.05, 3.63) is 33.9 Å². The van der Waals surface area contributed by atoms with Gasteiger partial charge in [0.2, 0.25) is 0 Å². The molecular formula is C11H13N2O5S-. The van der Waals surface area contributed by atoms with Gasteiger partial charge in [-0.3, -0.25) is 14.9 Å². The number of hydrogen-bond acceptors (Lipinski definition) is 6. The van der Waals surface area contributed by atoms with Crippen molar-refractivity contribution >= 4 is 28.3 Å². The normalized spacial score (nSPS) is 19.8. The fourth-order valence-corrected chi connectivity index (χ4v) is 3.21. The molecule has 1 N–H and O–H groups in total. The Bertz CT molecular complexity index is 510.